The molecule has 19 aromatic rings. The van der Waals surface area contributed by atoms with Crippen LogP contribution >= 0.6 is 70.6 Å². The van der Waals surface area contributed by atoms with Crippen LogP contribution in [0.4, 0.5) is 0 Å². The van der Waals surface area contributed by atoms with Gasteiger partial charge in [-0.3, -0.25) is 26.7 Å². The van der Waals surface area contributed by atoms with Crippen LogP contribution in [-0.4, -0.2) is 36.7 Å². The van der Waals surface area contributed by atoms with E-state index in [0.29, 0.717) is 5.88 Å². The summed E-state index contributed by atoms with van der Waals surface area (Å²) in [4.78, 5) is 35.0. The van der Waals surface area contributed by atoms with Crippen molar-refractivity contribution in [2.75, 3.05) is 0 Å². The zero-order chi connectivity index (χ0) is 93.8. The van der Waals surface area contributed by atoms with Gasteiger partial charge in [-0.25, -0.2) is 9.97 Å². The van der Waals surface area contributed by atoms with E-state index in [1.54, 1.807) is 23.5 Å². The van der Waals surface area contributed by atoms with Gasteiger partial charge in [-0.05, 0) is 187 Å². The Kier molecular flexibility index (Phi) is 50.2. The second kappa shape index (κ2) is 63.5. The normalized spacial score (nSPS) is 10.0. The van der Waals surface area contributed by atoms with Crippen molar-refractivity contribution in [1.29, 1.82) is 0 Å². The fourth-order valence-corrected chi connectivity index (χ4v) is 25.5. The summed E-state index contributed by atoms with van der Waals surface area (Å²) < 4.78 is 7.50. The summed E-state index contributed by atoms with van der Waals surface area (Å²) in [7, 11) is 6.42. The number of nitrogens with zero attached hydrogens (tertiary/aromatic N) is 6. The average molecular weight is 2060 g/mol. The fraction of sp³-hybridized carbons (Fsp3) is 0.0435. The number of benzene rings is 13. The quantitative estimate of drug-likeness (QED) is 0.0176. The van der Waals surface area contributed by atoms with Crippen molar-refractivity contribution in [2.24, 2.45) is 0 Å². The van der Waals surface area contributed by atoms with E-state index in [0.717, 1.165) is 63.6 Å². The van der Waals surface area contributed by atoms with E-state index in [9.17, 15) is 0 Å². The zero-order valence-electron chi connectivity index (χ0n) is 73.5. The summed E-state index contributed by atoms with van der Waals surface area (Å²) in [6.45, 7) is 11.8. The summed E-state index contributed by atoms with van der Waals surface area (Å²) in [5.74, 6) is 0.431. The summed E-state index contributed by atoms with van der Waals surface area (Å²) in [6, 6.07) is 176. The van der Waals surface area contributed by atoms with Crippen molar-refractivity contribution in [3.8, 4) is 34.2 Å². The number of pyridine rings is 6. The molecule has 0 aliphatic rings. The number of carbonyl (C=O) groups excluding carboxylic acids is 1. The summed E-state index contributed by atoms with van der Waals surface area (Å²) >= 11 is 9.15. The molecule has 0 aliphatic heterocycles. The van der Waals surface area contributed by atoms with E-state index < -0.39 is 39.6 Å². The molecular weight excluding hydrogens is 1960 g/mol. The van der Waals surface area contributed by atoms with Crippen LogP contribution in [0, 0.1) is 6.65 Å². The summed E-state index contributed by atoms with van der Waals surface area (Å²) in [5, 5.41) is 18.2. The molecule has 0 aliphatic carbocycles. The van der Waals surface area contributed by atoms with Crippen molar-refractivity contribution in [3.05, 3.63) is 546 Å². The maximum atomic E-state index is 7.75. The van der Waals surface area contributed by atoms with Crippen LogP contribution in [0.3, 0.4) is 0 Å². The average Bonchev–Trinajstić information content (AvgIpc) is 1.00. The van der Waals surface area contributed by atoms with Crippen LogP contribution in [0.25, 0.3) is 34.2 Å². The minimum absolute atomic E-state index is 0.431. The molecule has 6 heterocycles. The van der Waals surface area contributed by atoms with Gasteiger partial charge in [0.2, 0.25) is 0 Å². The number of halogens is 3. The molecule has 13 aromatic carbocycles. The molecule has 133 heavy (non-hydrogen) atoms. The SMILES string of the molecule is CC.ClCc1cccc(-c2ccccn2)n1.[C-]#[O+].[CH-]=O.[Cl][RuH].[Cl][Ru].c1ccc(P(Cc2cccc(-c3ccccn3)n2)c2ccccc2)cc1.c1ccc(P(c2ccccc2)c2ccccc2)cc1.c1ccc(P(c2ccccc2)c2ccccc2)cc1.c1ccc(P(c2ccccc2)c2ccccc2)cc1.c1ccc([PH+](Cc2cccc(-c3ccccn3)n2)c2ccccc2)cc1. The smallest absolute Gasteiger partial charge is 0.108 e. The molecule has 0 saturated carbocycles. The van der Waals surface area contributed by atoms with Gasteiger partial charge < -0.3 is 4.79 Å². The van der Waals surface area contributed by atoms with Crippen molar-refractivity contribution in [1.82, 2.24) is 29.9 Å². The van der Waals surface area contributed by atoms with E-state index in [2.05, 4.69) is 471 Å². The third-order valence-electron chi connectivity index (χ3n) is 19.5. The van der Waals surface area contributed by atoms with Gasteiger partial charge in [0, 0.05) is 30.4 Å². The van der Waals surface area contributed by atoms with Crippen LogP contribution in [0.2, 0.25) is 0 Å². The zero-order valence-corrected chi connectivity index (χ0v) is 83.9. The molecule has 0 fully saturated rings. The van der Waals surface area contributed by atoms with Gasteiger partial charge in [-0.15, -0.1) is 11.6 Å². The molecule has 0 saturated heterocycles. The van der Waals surface area contributed by atoms with E-state index in [1.807, 2.05) is 128 Å². The Labute approximate surface area is 825 Å². The number of rotatable bonds is 21. The molecule has 0 N–H and O–H groups in total. The summed E-state index contributed by atoms with van der Waals surface area (Å²) in [5.41, 5.74) is 8.53. The van der Waals surface area contributed by atoms with Crippen molar-refractivity contribution >= 4 is 146 Å². The first-order chi connectivity index (χ1) is 66.0. The maximum absolute atomic E-state index is 7.75. The van der Waals surface area contributed by atoms with Gasteiger partial charge in [0.05, 0.1) is 70.0 Å². The van der Waals surface area contributed by atoms with E-state index in [1.165, 1.54) is 69.0 Å². The third kappa shape index (κ3) is 34.8. The first kappa shape index (κ1) is 105. The molecule has 8 nitrogen and oxygen atoms in total. The van der Waals surface area contributed by atoms with Gasteiger partial charge in [-0.2, -0.15) is 0 Å². The number of alkyl halides is 1. The molecular formula is C115H101Cl3N6O2P5Ru2. The second-order valence-electron chi connectivity index (χ2n) is 28.0. The van der Waals surface area contributed by atoms with Crippen molar-refractivity contribution in [3.63, 3.8) is 0 Å². The Morgan fingerprint density at radius 2 is 0.451 bits per heavy atom. The van der Waals surface area contributed by atoms with Gasteiger partial charge in [-0.1, -0.05) is 420 Å². The topological polar surface area (TPSA) is 114 Å². The second-order valence-corrected chi connectivity index (χ2v) is 39.6. The van der Waals surface area contributed by atoms with Crippen LogP contribution in [-0.2, 0) is 62.3 Å². The van der Waals surface area contributed by atoms with Gasteiger partial charge >= 0.3 is 65.3 Å². The van der Waals surface area contributed by atoms with E-state index in [-0.39, 0.29) is 0 Å². The molecule has 0 unspecified atom stereocenters. The predicted molar refractivity (Wildman–Crippen MR) is 569 cm³/mol. The maximum Gasteiger partial charge on any atom is 0.108 e. The molecule has 665 valence electrons. The Bertz CT molecular complexity index is 5460. The standard InChI is InChI=1S/2C23H19N2P.3C18H15P.C11H9ClN2.C2H6.CHO.CO.2ClH.2Ru.H/c2*1-3-11-20(12-4-1)26(21-13-5-2-6-14-21)18-19-10-9-16-23(25-19)22-15-7-8-17-24-22;3*1-4-10-16(11-5-1)19(17-12-6-2-7-13-17)18-14-8-3-9-15-18;12-8-9-4-3-6-11(14-9)10-5-1-2-7-13-10;3*1-2;;;;;/h2*1-17H,18H2;3*1-15H;1-7H,8H2;1-2H3;1H;;2*1H;;;/q;;;;;;;-1;;;;2*+1;/p-1. The van der Waals surface area contributed by atoms with Crippen LogP contribution in [0.5, 0.6) is 0 Å². The third-order valence-corrected chi connectivity index (χ3v) is 32.4. The molecule has 0 spiro atoms. The first-order valence-corrected chi connectivity index (χ1v) is 55.1. The molecule has 0 amide bonds. The molecule has 6 aromatic heterocycles. The van der Waals surface area contributed by atoms with Gasteiger partial charge in [0.15, 0.2) is 0 Å². The minimum Gasteiger partial charge on any atom is -0.255 e. The first-order valence-electron chi connectivity index (χ1n) is 42.6. The fourth-order valence-electron chi connectivity index (χ4n) is 13.7. The molecule has 18 heteroatoms. The monoisotopic (exact) mass is 2060 g/mol. The van der Waals surface area contributed by atoms with Crippen LogP contribution in [0.15, 0.2) is 522 Å². The largest absolute Gasteiger partial charge is 0.255 e. The van der Waals surface area contributed by atoms with Crippen LogP contribution in [0.1, 0.15) is 30.9 Å². The van der Waals surface area contributed by atoms with Gasteiger partial charge in [0.1, 0.15) is 6.16 Å². The van der Waals surface area contributed by atoms with Crippen molar-refractivity contribution in [2.45, 2.75) is 32.1 Å². The molecule has 0 atom stereocenters. The molecule has 19 rings (SSSR count). The Hall–Kier alpha value is -11.6. The predicted octanol–water partition coefficient (Wildman–Crippen LogP) is 24.3. The number of hydrogen-bond acceptors (Lipinski definition) is 7. The van der Waals surface area contributed by atoms with Gasteiger partial charge in [0.25, 0.3) is 0 Å². The number of aromatic nitrogens is 6. The summed E-state index contributed by atoms with van der Waals surface area (Å²) in [6.07, 6.45) is 7.26. The van der Waals surface area contributed by atoms with Crippen molar-refractivity contribution < 1.29 is 44.1 Å². The number of hydrogen-bond donors (Lipinski definition) is 0. The Morgan fingerprint density at radius 1 is 0.263 bits per heavy atom. The minimum atomic E-state index is -0.933. The molecule has 0 bridgehead atoms. The van der Waals surface area contributed by atoms with E-state index >= 15 is 0 Å². The van der Waals surface area contributed by atoms with E-state index in [4.69, 9.17) is 31.0 Å². The Balaban J connectivity index is 0.000000178. The molecule has 0 radical (unpaired) electrons. The Morgan fingerprint density at radius 3 is 0.677 bits per heavy atom. The van der Waals surface area contributed by atoms with Crippen LogP contribution < -0.4 is 69.0 Å².